The van der Waals surface area contributed by atoms with E-state index in [0.717, 1.165) is 28.0 Å². The second-order valence-electron chi connectivity index (χ2n) is 4.69. The SMILES string of the molecule is Cc1ccc(CO)c(OCc2ccc(Cl)c(Cl)c2)c1C. The van der Waals surface area contributed by atoms with E-state index < -0.39 is 0 Å². The van der Waals surface area contributed by atoms with E-state index in [1.165, 1.54) is 0 Å². The lowest BCUT2D eigenvalue weighted by atomic mass is 10.0. The van der Waals surface area contributed by atoms with E-state index in [1.54, 1.807) is 12.1 Å². The zero-order valence-corrected chi connectivity index (χ0v) is 12.9. The fourth-order valence-corrected chi connectivity index (χ4v) is 2.28. The van der Waals surface area contributed by atoms with Crippen LogP contribution in [0.4, 0.5) is 0 Å². The second kappa shape index (κ2) is 6.49. The molecule has 2 aromatic carbocycles. The molecule has 0 heterocycles. The van der Waals surface area contributed by atoms with Crippen molar-refractivity contribution in [3.8, 4) is 5.75 Å². The van der Waals surface area contributed by atoms with Crippen molar-refractivity contribution in [1.82, 2.24) is 0 Å². The van der Waals surface area contributed by atoms with Gasteiger partial charge in [-0.15, -0.1) is 0 Å². The van der Waals surface area contributed by atoms with E-state index in [0.29, 0.717) is 16.7 Å². The average Bonchev–Trinajstić information content (AvgIpc) is 2.44. The molecule has 4 heteroatoms. The summed E-state index contributed by atoms with van der Waals surface area (Å²) < 4.78 is 5.86. The molecule has 0 amide bonds. The van der Waals surface area contributed by atoms with Gasteiger partial charge in [0.15, 0.2) is 0 Å². The van der Waals surface area contributed by atoms with Crippen LogP contribution in [0.1, 0.15) is 22.3 Å². The van der Waals surface area contributed by atoms with Gasteiger partial charge < -0.3 is 9.84 Å². The molecule has 0 unspecified atom stereocenters. The monoisotopic (exact) mass is 310 g/mol. The largest absolute Gasteiger partial charge is 0.488 e. The molecular formula is C16H16Cl2O2. The smallest absolute Gasteiger partial charge is 0.128 e. The maximum atomic E-state index is 9.39. The third-order valence-corrected chi connectivity index (χ3v) is 4.03. The second-order valence-corrected chi connectivity index (χ2v) is 5.51. The number of ether oxygens (including phenoxy) is 1. The zero-order chi connectivity index (χ0) is 14.7. The van der Waals surface area contributed by atoms with E-state index in [4.69, 9.17) is 27.9 Å². The normalized spacial score (nSPS) is 10.7. The first-order valence-electron chi connectivity index (χ1n) is 6.29. The number of rotatable bonds is 4. The number of hydrogen-bond acceptors (Lipinski definition) is 2. The van der Waals surface area contributed by atoms with Gasteiger partial charge in [0.2, 0.25) is 0 Å². The molecule has 0 radical (unpaired) electrons. The minimum Gasteiger partial charge on any atom is -0.488 e. The summed E-state index contributed by atoms with van der Waals surface area (Å²) in [5.41, 5.74) is 3.89. The van der Waals surface area contributed by atoms with Gasteiger partial charge in [-0.2, -0.15) is 0 Å². The van der Waals surface area contributed by atoms with Crippen LogP contribution in [0, 0.1) is 13.8 Å². The zero-order valence-electron chi connectivity index (χ0n) is 11.4. The van der Waals surface area contributed by atoms with Crippen LogP contribution in [-0.4, -0.2) is 5.11 Å². The minimum atomic E-state index is -0.0438. The number of aryl methyl sites for hydroxylation is 1. The van der Waals surface area contributed by atoms with Crippen molar-refractivity contribution >= 4 is 23.2 Å². The molecule has 2 aromatic rings. The fraction of sp³-hybridized carbons (Fsp3) is 0.250. The Hall–Kier alpha value is -1.22. The average molecular weight is 311 g/mol. The summed E-state index contributed by atoms with van der Waals surface area (Å²) >= 11 is 11.9. The lowest BCUT2D eigenvalue weighted by molar-refractivity contribution is 0.258. The third-order valence-electron chi connectivity index (χ3n) is 3.30. The van der Waals surface area contributed by atoms with Gasteiger partial charge in [-0.05, 0) is 42.7 Å². The molecule has 2 nitrogen and oxygen atoms in total. The summed E-state index contributed by atoms with van der Waals surface area (Å²) in [7, 11) is 0. The minimum absolute atomic E-state index is 0.0438. The van der Waals surface area contributed by atoms with E-state index in [9.17, 15) is 5.11 Å². The summed E-state index contributed by atoms with van der Waals surface area (Å²) in [4.78, 5) is 0. The van der Waals surface area contributed by atoms with Crippen LogP contribution in [0.5, 0.6) is 5.75 Å². The highest BCUT2D eigenvalue weighted by atomic mass is 35.5. The predicted octanol–water partition coefficient (Wildman–Crippen LogP) is 4.68. The summed E-state index contributed by atoms with van der Waals surface area (Å²) in [6, 6.07) is 9.27. The van der Waals surface area contributed by atoms with Crippen LogP contribution in [0.2, 0.25) is 10.0 Å². The third kappa shape index (κ3) is 3.26. The molecule has 2 rings (SSSR count). The van der Waals surface area contributed by atoms with Crippen LogP contribution < -0.4 is 4.74 Å². The van der Waals surface area contributed by atoms with Crippen molar-refractivity contribution in [2.24, 2.45) is 0 Å². The number of benzene rings is 2. The Bertz CT molecular complexity index is 624. The highest BCUT2D eigenvalue weighted by molar-refractivity contribution is 6.42. The lowest BCUT2D eigenvalue weighted by Gasteiger charge is -2.15. The quantitative estimate of drug-likeness (QED) is 0.888. The molecule has 0 spiro atoms. The van der Waals surface area contributed by atoms with Crippen LogP contribution in [0.25, 0.3) is 0 Å². The molecule has 0 bridgehead atoms. The number of hydrogen-bond donors (Lipinski definition) is 1. The standard InChI is InChI=1S/C16H16Cl2O2/c1-10-3-5-13(8-19)16(11(10)2)20-9-12-4-6-14(17)15(18)7-12/h3-7,19H,8-9H2,1-2H3. The molecule has 0 aliphatic heterocycles. The van der Waals surface area contributed by atoms with Crippen molar-refractivity contribution in [3.05, 3.63) is 62.6 Å². The molecule has 1 N–H and O–H groups in total. The number of aliphatic hydroxyl groups is 1. The van der Waals surface area contributed by atoms with E-state index in [-0.39, 0.29) is 6.61 Å². The highest BCUT2D eigenvalue weighted by Gasteiger charge is 2.09. The van der Waals surface area contributed by atoms with Gasteiger partial charge in [-0.1, -0.05) is 41.4 Å². The number of aliphatic hydroxyl groups excluding tert-OH is 1. The highest BCUT2D eigenvalue weighted by Crippen LogP contribution is 2.28. The van der Waals surface area contributed by atoms with Gasteiger partial charge in [0, 0.05) is 5.56 Å². The van der Waals surface area contributed by atoms with Crippen LogP contribution in [0.15, 0.2) is 30.3 Å². The van der Waals surface area contributed by atoms with Crippen LogP contribution in [-0.2, 0) is 13.2 Å². The first-order chi connectivity index (χ1) is 9.52. The Morgan fingerprint density at radius 1 is 1.05 bits per heavy atom. The maximum absolute atomic E-state index is 9.39. The molecule has 0 saturated heterocycles. The van der Waals surface area contributed by atoms with Gasteiger partial charge in [0.05, 0.1) is 16.7 Å². The van der Waals surface area contributed by atoms with E-state index >= 15 is 0 Å². The van der Waals surface area contributed by atoms with Crippen molar-refractivity contribution < 1.29 is 9.84 Å². The molecule has 0 aliphatic rings. The van der Waals surface area contributed by atoms with Crippen LogP contribution >= 0.6 is 23.2 Å². The Labute approximate surface area is 128 Å². The fourth-order valence-electron chi connectivity index (χ4n) is 1.96. The summed E-state index contributed by atoms with van der Waals surface area (Å²) in [6.07, 6.45) is 0. The predicted molar refractivity (Wildman–Crippen MR) is 82.6 cm³/mol. The van der Waals surface area contributed by atoms with Crippen molar-refractivity contribution in [3.63, 3.8) is 0 Å². The summed E-state index contributed by atoms with van der Waals surface area (Å²) in [5, 5.41) is 10.4. The van der Waals surface area contributed by atoms with Gasteiger partial charge >= 0.3 is 0 Å². The molecule has 0 fully saturated rings. The molecule has 0 aliphatic carbocycles. The van der Waals surface area contributed by atoms with Gasteiger partial charge in [0.1, 0.15) is 12.4 Å². The Kier molecular flexibility index (Phi) is 4.92. The number of halogens is 2. The van der Waals surface area contributed by atoms with Crippen molar-refractivity contribution in [2.75, 3.05) is 0 Å². The molecular weight excluding hydrogens is 295 g/mol. The molecule has 20 heavy (non-hydrogen) atoms. The Morgan fingerprint density at radius 3 is 2.45 bits per heavy atom. The van der Waals surface area contributed by atoms with Gasteiger partial charge in [-0.25, -0.2) is 0 Å². The summed E-state index contributed by atoms with van der Waals surface area (Å²) in [5.74, 6) is 0.735. The first kappa shape index (κ1) is 15.2. The molecule has 0 aromatic heterocycles. The summed E-state index contributed by atoms with van der Waals surface area (Å²) in [6.45, 7) is 4.34. The maximum Gasteiger partial charge on any atom is 0.128 e. The first-order valence-corrected chi connectivity index (χ1v) is 7.05. The topological polar surface area (TPSA) is 29.5 Å². The Morgan fingerprint density at radius 2 is 1.80 bits per heavy atom. The van der Waals surface area contributed by atoms with Gasteiger partial charge in [-0.3, -0.25) is 0 Å². The van der Waals surface area contributed by atoms with Crippen LogP contribution in [0.3, 0.4) is 0 Å². The van der Waals surface area contributed by atoms with Gasteiger partial charge in [0.25, 0.3) is 0 Å². The van der Waals surface area contributed by atoms with E-state index in [1.807, 2.05) is 32.0 Å². The molecule has 106 valence electrons. The molecule has 0 atom stereocenters. The Balaban J connectivity index is 2.22. The van der Waals surface area contributed by atoms with Crippen molar-refractivity contribution in [1.29, 1.82) is 0 Å². The van der Waals surface area contributed by atoms with Crippen molar-refractivity contribution in [2.45, 2.75) is 27.1 Å². The molecule has 0 saturated carbocycles. The lowest BCUT2D eigenvalue weighted by Crippen LogP contribution is -2.02. The van der Waals surface area contributed by atoms with E-state index in [2.05, 4.69) is 0 Å².